The van der Waals surface area contributed by atoms with Gasteiger partial charge in [0.25, 0.3) is 0 Å². The Bertz CT molecular complexity index is 780. The molecule has 0 unspecified atom stereocenters. The molecule has 0 aliphatic rings. The van der Waals surface area contributed by atoms with Crippen molar-refractivity contribution in [2.45, 2.75) is 25.8 Å². The summed E-state index contributed by atoms with van der Waals surface area (Å²) in [5, 5.41) is 6.96. The SMILES string of the molecule is CC(C)(C(=O)Nc1ccn(CCS(C)(=O)=O)n1)c1ccccc1. The average molecular weight is 335 g/mol. The molecule has 0 bridgehead atoms. The molecular formula is C16H21N3O3S. The Morgan fingerprint density at radius 2 is 1.87 bits per heavy atom. The van der Waals surface area contributed by atoms with E-state index >= 15 is 0 Å². The third kappa shape index (κ3) is 4.66. The number of aryl methyl sites for hydroxylation is 1. The molecule has 0 atom stereocenters. The lowest BCUT2D eigenvalue weighted by Crippen LogP contribution is -2.34. The molecule has 1 aromatic carbocycles. The second-order valence-corrected chi connectivity index (χ2v) is 8.30. The van der Waals surface area contributed by atoms with E-state index in [2.05, 4.69) is 10.4 Å². The lowest BCUT2D eigenvalue weighted by atomic mass is 9.84. The van der Waals surface area contributed by atoms with Gasteiger partial charge in [-0.15, -0.1) is 0 Å². The second-order valence-electron chi connectivity index (χ2n) is 6.04. The van der Waals surface area contributed by atoms with Gasteiger partial charge < -0.3 is 5.32 Å². The third-order valence-electron chi connectivity index (χ3n) is 3.64. The predicted molar refractivity (Wildman–Crippen MR) is 90.0 cm³/mol. The maximum Gasteiger partial charge on any atom is 0.235 e. The van der Waals surface area contributed by atoms with E-state index in [1.54, 1.807) is 12.3 Å². The highest BCUT2D eigenvalue weighted by atomic mass is 32.2. The zero-order chi connectivity index (χ0) is 17.1. The van der Waals surface area contributed by atoms with Gasteiger partial charge in [0.15, 0.2) is 5.82 Å². The number of amides is 1. The van der Waals surface area contributed by atoms with Gasteiger partial charge in [0.2, 0.25) is 5.91 Å². The number of benzene rings is 1. The zero-order valence-corrected chi connectivity index (χ0v) is 14.3. The molecule has 2 aromatic rings. The first-order valence-electron chi connectivity index (χ1n) is 7.27. The molecular weight excluding hydrogens is 314 g/mol. The highest BCUT2D eigenvalue weighted by molar-refractivity contribution is 7.90. The van der Waals surface area contributed by atoms with Crippen molar-refractivity contribution < 1.29 is 13.2 Å². The van der Waals surface area contributed by atoms with Crippen LogP contribution in [0.3, 0.4) is 0 Å². The Kier molecular flexibility index (Phi) is 4.89. The van der Waals surface area contributed by atoms with Crippen molar-refractivity contribution in [2.75, 3.05) is 17.3 Å². The molecule has 7 heteroatoms. The molecule has 124 valence electrons. The Morgan fingerprint density at radius 1 is 1.22 bits per heavy atom. The lowest BCUT2D eigenvalue weighted by Gasteiger charge is -2.23. The molecule has 0 aliphatic carbocycles. The Morgan fingerprint density at radius 3 is 2.48 bits per heavy atom. The second kappa shape index (κ2) is 6.54. The fourth-order valence-electron chi connectivity index (χ4n) is 2.07. The highest BCUT2D eigenvalue weighted by Crippen LogP contribution is 2.24. The number of rotatable bonds is 6. The molecule has 2 rings (SSSR count). The van der Waals surface area contributed by atoms with Gasteiger partial charge in [0.05, 0.1) is 17.7 Å². The lowest BCUT2D eigenvalue weighted by molar-refractivity contribution is -0.120. The summed E-state index contributed by atoms with van der Waals surface area (Å²) < 4.78 is 23.8. The van der Waals surface area contributed by atoms with Gasteiger partial charge in [0.1, 0.15) is 9.84 Å². The minimum absolute atomic E-state index is 0.0115. The van der Waals surface area contributed by atoms with Crippen molar-refractivity contribution in [3.05, 3.63) is 48.2 Å². The van der Waals surface area contributed by atoms with E-state index in [0.717, 1.165) is 5.56 Å². The fourth-order valence-corrected chi connectivity index (χ4v) is 2.59. The van der Waals surface area contributed by atoms with Crippen LogP contribution < -0.4 is 5.32 Å². The summed E-state index contributed by atoms with van der Waals surface area (Å²) in [4.78, 5) is 12.5. The molecule has 0 aliphatic heterocycles. The van der Waals surface area contributed by atoms with Gasteiger partial charge in [0, 0.05) is 18.5 Å². The van der Waals surface area contributed by atoms with Crippen molar-refractivity contribution in [1.29, 1.82) is 0 Å². The molecule has 0 fully saturated rings. The first-order chi connectivity index (χ1) is 10.7. The molecule has 1 amide bonds. The van der Waals surface area contributed by atoms with E-state index in [4.69, 9.17) is 0 Å². The number of carbonyl (C=O) groups excluding carboxylic acids is 1. The van der Waals surface area contributed by atoms with E-state index in [9.17, 15) is 13.2 Å². The summed E-state index contributed by atoms with van der Waals surface area (Å²) in [5.74, 6) is 0.252. The van der Waals surface area contributed by atoms with E-state index < -0.39 is 15.3 Å². The van der Waals surface area contributed by atoms with E-state index in [-0.39, 0.29) is 18.2 Å². The highest BCUT2D eigenvalue weighted by Gasteiger charge is 2.30. The smallest absolute Gasteiger partial charge is 0.235 e. The first kappa shape index (κ1) is 17.2. The van der Waals surface area contributed by atoms with Crippen LogP contribution in [0.25, 0.3) is 0 Å². The zero-order valence-electron chi connectivity index (χ0n) is 13.5. The van der Waals surface area contributed by atoms with Crippen LogP contribution in [-0.2, 0) is 26.6 Å². The van der Waals surface area contributed by atoms with Gasteiger partial charge in [-0.25, -0.2) is 8.42 Å². The van der Waals surface area contributed by atoms with Crippen molar-refractivity contribution in [2.24, 2.45) is 0 Å². The predicted octanol–water partition coefficient (Wildman–Crippen LogP) is 1.84. The number of aromatic nitrogens is 2. The molecule has 1 N–H and O–H groups in total. The molecule has 6 nitrogen and oxygen atoms in total. The number of anilines is 1. The van der Waals surface area contributed by atoms with Crippen LogP contribution in [-0.4, -0.2) is 36.1 Å². The van der Waals surface area contributed by atoms with Crippen molar-refractivity contribution in [1.82, 2.24) is 9.78 Å². The summed E-state index contributed by atoms with van der Waals surface area (Å²) >= 11 is 0. The maximum absolute atomic E-state index is 12.5. The largest absolute Gasteiger partial charge is 0.308 e. The normalized spacial score (nSPS) is 12.1. The van der Waals surface area contributed by atoms with Crippen LogP contribution in [0.2, 0.25) is 0 Å². The topological polar surface area (TPSA) is 81.1 Å². The van der Waals surface area contributed by atoms with E-state index in [0.29, 0.717) is 5.82 Å². The van der Waals surface area contributed by atoms with E-state index in [1.807, 2.05) is 44.2 Å². The maximum atomic E-state index is 12.5. The summed E-state index contributed by atoms with van der Waals surface area (Å²) in [6.07, 6.45) is 2.83. The molecule has 1 aromatic heterocycles. The van der Waals surface area contributed by atoms with Crippen LogP contribution in [0.15, 0.2) is 42.6 Å². The summed E-state index contributed by atoms with van der Waals surface area (Å²) in [5.41, 5.74) is 0.214. The van der Waals surface area contributed by atoms with Crippen LogP contribution in [0, 0.1) is 0 Å². The number of carbonyl (C=O) groups is 1. The van der Waals surface area contributed by atoms with Crippen molar-refractivity contribution in [3.8, 4) is 0 Å². The fraction of sp³-hybridized carbons (Fsp3) is 0.375. The number of nitrogens with one attached hydrogen (secondary N) is 1. The minimum atomic E-state index is -3.04. The van der Waals surface area contributed by atoms with Gasteiger partial charge in [-0.3, -0.25) is 9.48 Å². The molecule has 1 heterocycles. The number of sulfone groups is 1. The molecule has 23 heavy (non-hydrogen) atoms. The Labute approximate surface area is 136 Å². The summed E-state index contributed by atoms with van der Waals surface area (Å²) in [6.45, 7) is 3.95. The van der Waals surface area contributed by atoms with Gasteiger partial charge in [-0.1, -0.05) is 30.3 Å². The van der Waals surface area contributed by atoms with Gasteiger partial charge in [-0.05, 0) is 19.4 Å². The number of nitrogens with zero attached hydrogens (tertiary/aromatic N) is 2. The van der Waals surface area contributed by atoms with Crippen molar-refractivity contribution in [3.63, 3.8) is 0 Å². The van der Waals surface area contributed by atoms with Crippen molar-refractivity contribution >= 4 is 21.6 Å². The summed E-state index contributed by atoms with van der Waals surface area (Å²) in [6, 6.07) is 11.2. The van der Waals surface area contributed by atoms with Crippen LogP contribution in [0.5, 0.6) is 0 Å². The minimum Gasteiger partial charge on any atom is -0.308 e. The van der Waals surface area contributed by atoms with Crippen LogP contribution in [0.1, 0.15) is 19.4 Å². The molecule has 0 saturated carbocycles. The van der Waals surface area contributed by atoms with E-state index in [1.165, 1.54) is 10.9 Å². The summed E-state index contributed by atoms with van der Waals surface area (Å²) in [7, 11) is -3.04. The molecule has 0 saturated heterocycles. The first-order valence-corrected chi connectivity index (χ1v) is 9.33. The average Bonchev–Trinajstić information content (AvgIpc) is 2.93. The number of hydrogen-bond donors (Lipinski definition) is 1. The number of hydrogen-bond acceptors (Lipinski definition) is 4. The quantitative estimate of drug-likeness (QED) is 0.873. The third-order valence-corrected chi connectivity index (χ3v) is 4.56. The Hall–Kier alpha value is -2.15. The Balaban J connectivity index is 2.05. The monoisotopic (exact) mass is 335 g/mol. The van der Waals surface area contributed by atoms with Crippen LogP contribution in [0.4, 0.5) is 5.82 Å². The molecule has 0 radical (unpaired) electrons. The standard InChI is InChI=1S/C16H21N3O3S/c1-16(2,13-7-5-4-6-8-13)15(20)17-14-9-10-19(18-14)11-12-23(3,21)22/h4-10H,11-12H2,1-3H3,(H,17,18,20). The van der Waals surface area contributed by atoms with Gasteiger partial charge in [-0.2, -0.15) is 5.10 Å². The molecule has 0 spiro atoms. The van der Waals surface area contributed by atoms with Gasteiger partial charge >= 0.3 is 0 Å². The van der Waals surface area contributed by atoms with Crippen LogP contribution >= 0.6 is 0 Å².